The van der Waals surface area contributed by atoms with Crippen LogP contribution in [-0.2, 0) is 19.1 Å². The molecule has 0 bridgehead atoms. The zero-order chi connectivity index (χ0) is 27.8. The quantitative estimate of drug-likeness (QED) is 0.272. The van der Waals surface area contributed by atoms with Crippen LogP contribution in [0, 0.1) is 11.8 Å². The molecule has 5 rings (SSSR count). The number of aliphatic hydroxyl groups is 4. The van der Waals surface area contributed by atoms with E-state index >= 15 is 0 Å². The van der Waals surface area contributed by atoms with Crippen molar-refractivity contribution in [1.29, 1.82) is 0 Å². The molecule has 0 radical (unpaired) electrons. The molecular formula is C26H31N3O9. The fourth-order valence-electron chi connectivity index (χ4n) is 6.66. The van der Waals surface area contributed by atoms with Crippen LogP contribution in [0.5, 0.6) is 5.75 Å². The zero-order valence-electron chi connectivity index (χ0n) is 21.2. The van der Waals surface area contributed by atoms with E-state index in [1.54, 1.807) is 19.1 Å². The lowest BCUT2D eigenvalue weighted by Crippen LogP contribution is -2.70. The summed E-state index contributed by atoms with van der Waals surface area (Å²) in [6.45, 7) is 3.58. The number of carbonyl (C=O) groups excluding carboxylic acids is 3. The highest BCUT2D eigenvalue weighted by atomic mass is 16.5. The third-order valence-electron chi connectivity index (χ3n) is 8.46. The maximum atomic E-state index is 14.0. The van der Waals surface area contributed by atoms with Crippen molar-refractivity contribution in [2.75, 3.05) is 45.3 Å². The summed E-state index contributed by atoms with van der Waals surface area (Å²) >= 11 is 0. The fourth-order valence-corrected chi connectivity index (χ4v) is 6.66. The number of benzene rings is 1. The van der Waals surface area contributed by atoms with E-state index in [1.807, 2.05) is 4.90 Å². The number of amides is 1. The van der Waals surface area contributed by atoms with Crippen LogP contribution in [-0.4, -0.2) is 106 Å². The van der Waals surface area contributed by atoms with Crippen LogP contribution in [0.25, 0.3) is 5.76 Å². The number of fused-ring (bicyclic) bond motifs is 3. The number of phenolic OH excluding ortho intramolecular Hbond substituents is 1. The van der Waals surface area contributed by atoms with Gasteiger partial charge in [-0.15, -0.1) is 0 Å². The molecule has 1 saturated carbocycles. The first kappa shape index (κ1) is 26.2. The molecular weight excluding hydrogens is 498 g/mol. The van der Waals surface area contributed by atoms with Crippen molar-refractivity contribution in [1.82, 2.24) is 4.90 Å². The SMILES string of the molecule is C[C@H]1c2ccc(N3CCOCC3)c(O)c2C(O)=C2C(=O)[C@]3(O)C(O)=C(C(N)=O)C(=O)[C@@H](N(C)C)C3[C@@H](O)C21. The van der Waals surface area contributed by atoms with Crippen LogP contribution in [0.2, 0.25) is 0 Å². The molecule has 6 atom stereocenters. The maximum Gasteiger partial charge on any atom is 0.255 e. The smallest absolute Gasteiger partial charge is 0.255 e. The van der Waals surface area contributed by atoms with Gasteiger partial charge in [0, 0.05) is 24.6 Å². The van der Waals surface area contributed by atoms with E-state index in [0.717, 1.165) is 0 Å². The number of morpholine rings is 1. The van der Waals surface area contributed by atoms with E-state index < -0.39 is 75.6 Å². The third-order valence-corrected chi connectivity index (χ3v) is 8.46. The summed E-state index contributed by atoms with van der Waals surface area (Å²) in [4.78, 5) is 42.5. The Kier molecular flexibility index (Phi) is 6.06. The van der Waals surface area contributed by atoms with Gasteiger partial charge in [-0.05, 0) is 31.6 Å². The molecule has 4 aliphatic rings. The number of aromatic hydroxyl groups is 1. The van der Waals surface area contributed by atoms with E-state index in [1.165, 1.54) is 19.0 Å². The summed E-state index contributed by atoms with van der Waals surface area (Å²) in [5.41, 5.74) is 1.91. The van der Waals surface area contributed by atoms with E-state index in [2.05, 4.69) is 0 Å². The van der Waals surface area contributed by atoms with Crippen molar-refractivity contribution >= 4 is 28.9 Å². The van der Waals surface area contributed by atoms with Crippen LogP contribution < -0.4 is 10.6 Å². The number of likely N-dealkylation sites (N-methyl/N-ethyl adjacent to an activating group) is 1. The Bertz CT molecular complexity index is 1310. The molecule has 1 aromatic carbocycles. The Balaban J connectivity index is 1.75. The first-order valence-corrected chi connectivity index (χ1v) is 12.4. The molecule has 2 unspecified atom stereocenters. The predicted octanol–water partition coefficient (Wildman–Crippen LogP) is -0.668. The van der Waals surface area contributed by atoms with Gasteiger partial charge in [0.2, 0.25) is 5.78 Å². The summed E-state index contributed by atoms with van der Waals surface area (Å²) in [5, 5.41) is 57.0. The topological polar surface area (TPSA) is 194 Å². The number of hydrogen-bond acceptors (Lipinski definition) is 11. The number of phenols is 1. The van der Waals surface area contributed by atoms with Gasteiger partial charge in [0.05, 0.1) is 42.5 Å². The molecule has 1 saturated heterocycles. The molecule has 7 N–H and O–H groups in total. The van der Waals surface area contributed by atoms with E-state index in [4.69, 9.17) is 10.5 Å². The lowest BCUT2D eigenvalue weighted by Gasteiger charge is -2.53. The van der Waals surface area contributed by atoms with E-state index in [-0.39, 0.29) is 11.3 Å². The summed E-state index contributed by atoms with van der Waals surface area (Å²) in [5.74, 6) is -8.97. The van der Waals surface area contributed by atoms with Crippen molar-refractivity contribution in [3.05, 3.63) is 40.2 Å². The molecule has 1 aromatic rings. The van der Waals surface area contributed by atoms with Gasteiger partial charge in [-0.1, -0.05) is 13.0 Å². The normalized spacial score (nSPS) is 33.3. The molecule has 12 nitrogen and oxygen atoms in total. The number of nitrogens with zero attached hydrogens (tertiary/aromatic N) is 2. The molecule has 38 heavy (non-hydrogen) atoms. The van der Waals surface area contributed by atoms with Gasteiger partial charge in [0.15, 0.2) is 11.4 Å². The second-order valence-electron chi connectivity index (χ2n) is 10.5. The number of carbonyl (C=O) groups is 3. The number of aliphatic hydroxyl groups excluding tert-OH is 3. The van der Waals surface area contributed by atoms with Crippen LogP contribution in [0.15, 0.2) is 29.0 Å². The minimum absolute atomic E-state index is 0.0232. The lowest BCUT2D eigenvalue weighted by atomic mass is 9.54. The summed E-state index contributed by atoms with van der Waals surface area (Å²) < 4.78 is 5.37. The van der Waals surface area contributed by atoms with E-state index in [9.17, 15) is 39.9 Å². The number of primary amides is 1. The van der Waals surface area contributed by atoms with Gasteiger partial charge in [-0.25, -0.2) is 0 Å². The highest BCUT2D eigenvalue weighted by molar-refractivity contribution is 6.24. The van der Waals surface area contributed by atoms with Crippen molar-refractivity contribution in [2.24, 2.45) is 17.6 Å². The Morgan fingerprint density at radius 1 is 1.16 bits per heavy atom. The number of hydrogen-bond donors (Lipinski definition) is 6. The van der Waals surface area contributed by atoms with Crippen molar-refractivity contribution in [3.8, 4) is 5.75 Å². The summed E-state index contributed by atoms with van der Waals surface area (Å²) in [6.07, 6.45) is -1.62. The van der Waals surface area contributed by atoms with Crippen molar-refractivity contribution in [3.63, 3.8) is 0 Å². The molecule has 0 spiro atoms. The Morgan fingerprint density at radius 3 is 2.37 bits per heavy atom. The summed E-state index contributed by atoms with van der Waals surface area (Å²) in [7, 11) is 2.93. The molecule has 0 aromatic heterocycles. The molecule has 204 valence electrons. The Labute approximate surface area is 218 Å². The lowest BCUT2D eigenvalue weighted by molar-refractivity contribution is -0.169. The zero-order valence-corrected chi connectivity index (χ0v) is 21.2. The fraction of sp³-hybridized carbons (Fsp3) is 0.500. The number of nitrogens with two attached hydrogens (primary N) is 1. The van der Waals surface area contributed by atoms with Crippen molar-refractivity contribution in [2.45, 2.75) is 30.6 Å². The number of ether oxygens (including phenoxy) is 1. The third kappa shape index (κ3) is 3.27. The average molecular weight is 530 g/mol. The monoisotopic (exact) mass is 529 g/mol. The summed E-state index contributed by atoms with van der Waals surface area (Å²) in [6, 6.07) is 2.02. The predicted molar refractivity (Wildman–Crippen MR) is 133 cm³/mol. The highest BCUT2D eigenvalue weighted by Crippen LogP contribution is 2.56. The number of ketones is 2. The second kappa shape index (κ2) is 8.80. The minimum atomic E-state index is -2.93. The van der Waals surface area contributed by atoms with Gasteiger partial charge >= 0.3 is 0 Å². The van der Waals surface area contributed by atoms with Crippen LogP contribution in [0.4, 0.5) is 5.69 Å². The standard InChI is InChI=1S/C26H31N3O9/c1-10-11-4-5-12(29-6-8-38-9-7-29)19(30)14(11)20(31)15-13(10)21(32)17-18(28(2)3)22(33)16(25(27)36)24(35)26(17,37)23(15)34/h4-5,10,13,17-18,21,30-32,35,37H,6-9H2,1-3H3,(H2,27,36)/t10-,13?,17?,18-,21-,26-/m0/s1. The minimum Gasteiger partial charge on any atom is -0.508 e. The van der Waals surface area contributed by atoms with Crippen LogP contribution >= 0.6 is 0 Å². The molecule has 3 aliphatic carbocycles. The van der Waals surface area contributed by atoms with Gasteiger partial charge in [-0.3, -0.25) is 19.3 Å². The highest BCUT2D eigenvalue weighted by Gasteiger charge is 2.68. The number of Topliss-reactive ketones (excluding diaryl/α,β-unsaturated/α-hetero) is 2. The molecule has 1 amide bonds. The first-order chi connectivity index (χ1) is 17.8. The van der Waals surface area contributed by atoms with Gasteiger partial charge < -0.3 is 40.9 Å². The van der Waals surface area contributed by atoms with Gasteiger partial charge in [-0.2, -0.15) is 0 Å². The Hall–Kier alpha value is -3.45. The Morgan fingerprint density at radius 2 is 1.79 bits per heavy atom. The molecule has 12 heteroatoms. The van der Waals surface area contributed by atoms with Gasteiger partial charge in [0.1, 0.15) is 22.8 Å². The van der Waals surface area contributed by atoms with Crippen molar-refractivity contribution < 1.29 is 44.7 Å². The number of rotatable bonds is 3. The van der Waals surface area contributed by atoms with Crippen LogP contribution in [0.3, 0.4) is 0 Å². The average Bonchev–Trinajstić information content (AvgIpc) is 2.86. The largest absolute Gasteiger partial charge is 0.508 e. The molecule has 1 heterocycles. The maximum absolute atomic E-state index is 14.0. The van der Waals surface area contributed by atoms with Crippen LogP contribution in [0.1, 0.15) is 24.0 Å². The molecule has 1 aliphatic heterocycles. The second-order valence-corrected chi connectivity index (χ2v) is 10.5. The first-order valence-electron chi connectivity index (χ1n) is 12.4. The van der Waals surface area contributed by atoms with E-state index in [0.29, 0.717) is 37.6 Å². The number of anilines is 1. The molecule has 2 fully saturated rings. The van der Waals surface area contributed by atoms with Gasteiger partial charge in [0.25, 0.3) is 5.91 Å².